The Morgan fingerprint density at radius 1 is 1.67 bits per heavy atom. The number of nitrogens with one attached hydrogen (secondary N) is 1. The van der Waals surface area contributed by atoms with E-state index in [0.717, 1.165) is 5.56 Å². The van der Waals surface area contributed by atoms with Gasteiger partial charge in [-0.3, -0.25) is 4.79 Å². The number of carbonyl (C=O) groups is 1. The maximum absolute atomic E-state index is 11.0. The third kappa shape index (κ3) is 3.54. The van der Waals surface area contributed by atoms with E-state index in [-0.39, 0.29) is 12.5 Å². The fourth-order valence-electron chi connectivity index (χ4n) is 1.05. The van der Waals surface area contributed by atoms with Crippen LogP contribution in [0.5, 0.6) is 0 Å². The van der Waals surface area contributed by atoms with Gasteiger partial charge in [-0.15, -0.1) is 0 Å². The highest BCUT2D eigenvalue weighted by atomic mass is 16.1. The summed E-state index contributed by atoms with van der Waals surface area (Å²) >= 11 is 0. The van der Waals surface area contributed by atoms with Gasteiger partial charge in [-0.05, 0) is 29.3 Å². The molecule has 5 heteroatoms. The Morgan fingerprint density at radius 2 is 2.47 bits per heavy atom. The second-order valence-electron chi connectivity index (χ2n) is 2.78. The average molecular weight is 202 g/mol. The number of nitrogens with zero attached hydrogens (tertiary/aromatic N) is 3. The first-order valence-electron chi connectivity index (χ1n) is 4.29. The molecule has 0 aliphatic carbocycles. The molecule has 0 saturated heterocycles. The van der Waals surface area contributed by atoms with Crippen LogP contribution in [0, 0.1) is 0 Å². The Bertz CT molecular complexity index is 421. The molecule has 0 atom stereocenters. The quantitative estimate of drug-likeness (QED) is 0.346. The smallest absolute Gasteiger partial charge is 0.247 e. The highest BCUT2D eigenvalue weighted by Gasteiger charge is 1.97. The van der Waals surface area contributed by atoms with E-state index in [4.69, 9.17) is 5.53 Å². The second kappa shape index (κ2) is 5.47. The van der Waals surface area contributed by atoms with Crippen LogP contribution in [0.4, 0.5) is 5.69 Å². The predicted octanol–water partition coefficient (Wildman–Crippen LogP) is 2.62. The van der Waals surface area contributed by atoms with Gasteiger partial charge >= 0.3 is 0 Å². The summed E-state index contributed by atoms with van der Waals surface area (Å²) in [4.78, 5) is 13.7. The molecule has 1 N–H and O–H groups in total. The number of rotatable bonds is 4. The van der Waals surface area contributed by atoms with Crippen molar-refractivity contribution < 1.29 is 4.79 Å². The van der Waals surface area contributed by atoms with Crippen LogP contribution in [-0.4, -0.2) is 5.91 Å². The summed E-state index contributed by atoms with van der Waals surface area (Å²) in [7, 11) is 0. The van der Waals surface area contributed by atoms with E-state index in [9.17, 15) is 4.79 Å². The van der Waals surface area contributed by atoms with Crippen molar-refractivity contribution >= 4 is 11.6 Å². The molecule has 0 aliphatic heterocycles. The number of hydrogen-bond donors (Lipinski definition) is 1. The fraction of sp³-hybridized carbons (Fsp3) is 0.100. The van der Waals surface area contributed by atoms with E-state index >= 15 is 0 Å². The van der Waals surface area contributed by atoms with E-state index in [1.54, 1.807) is 18.2 Å². The van der Waals surface area contributed by atoms with Gasteiger partial charge in [0.2, 0.25) is 5.91 Å². The van der Waals surface area contributed by atoms with Gasteiger partial charge in [0.1, 0.15) is 0 Å². The number of azide groups is 1. The van der Waals surface area contributed by atoms with Gasteiger partial charge in [-0.1, -0.05) is 23.8 Å². The van der Waals surface area contributed by atoms with Crippen LogP contribution in [0.15, 0.2) is 42.0 Å². The van der Waals surface area contributed by atoms with Gasteiger partial charge in [-0.25, -0.2) is 0 Å². The Kier molecular flexibility index (Phi) is 3.94. The molecule has 1 aromatic carbocycles. The van der Waals surface area contributed by atoms with Crippen LogP contribution in [0.25, 0.3) is 10.4 Å². The zero-order valence-electron chi connectivity index (χ0n) is 8.05. The number of hydrogen-bond acceptors (Lipinski definition) is 2. The van der Waals surface area contributed by atoms with Crippen molar-refractivity contribution in [1.29, 1.82) is 0 Å². The Morgan fingerprint density at radius 3 is 3.13 bits per heavy atom. The van der Waals surface area contributed by atoms with Gasteiger partial charge in [0.25, 0.3) is 0 Å². The Hall–Kier alpha value is -2.26. The molecule has 0 spiro atoms. The normalized spacial score (nSPS) is 8.80. The summed E-state index contributed by atoms with van der Waals surface area (Å²) in [6.45, 7) is 3.62. The summed E-state index contributed by atoms with van der Waals surface area (Å²) in [6, 6.07) is 7.09. The molecule has 1 aromatic rings. The van der Waals surface area contributed by atoms with Crippen LogP contribution in [0.1, 0.15) is 5.56 Å². The molecule has 0 heterocycles. The van der Waals surface area contributed by atoms with Crippen molar-refractivity contribution in [2.24, 2.45) is 5.11 Å². The van der Waals surface area contributed by atoms with Gasteiger partial charge in [0, 0.05) is 10.6 Å². The Labute approximate surface area is 87.0 Å². The predicted molar refractivity (Wildman–Crippen MR) is 58.1 cm³/mol. The molecular weight excluding hydrogens is 192 g/mol. The summed E-state index contributed by atoms with van der Waals surface area (Å²) < 4.78 is 0. The standard InChI is InChI=1S/C10H10N4O/c1-2-10(15)13-9-5-3-4-8(6-9)7-12-14-11/h2-6H,1,7H2,(H,13,15). The molecule has 76 valence electrons. The van der Waals surface area contributed by atoms with E-state index in [1.165, 1.54) is 6.08 Å². The van der Waals surface area contributed by atoms with Crippen LogP contribution in [0.2, 0.25) is 0 Å². The van der Waals surface area contributed by atoms with Crippen molar-refractivity contribution in [2.75, 3.05) is 5.32 Å². The minimum Gasteiger partial charge on any atom is -0.323 e. The van der Waals surface area contributed by atoms with Crippen LogP contribution < -0.4 is 5.32 Å². The number of amides is 1. The lowest BCUT2D eigenvalue weighted by atomic mass is 10.2. The SMILES string of the molecule is C=CC(=O)Nc1cccc(CN=[N+]=[N-])c1. The first-order valence-corrected chi connectivity index (χ1v) is 4.29. The van der Waals surface area contributed by atoms with Gasteiger partial charge < -0.3 is 5.32 Å². The van der Waals surface area contributed by atoms with Crippen molar-refractivity contribution in [3.05, 3.63) is 52.9 Å². The van der Waals surface area contributed by atoms with Gasteiger partial charge in [0.05, 0.1) is 6.54 Å². The average Bonchev–Trinajstić information content (AvgIpc) is 2.26. The van der Waals surface area contributed by atoms with Crippen LogP contribution >= 0.6 is 0 Å². The van der Waals surface area contributed by atoms with Crippen molar-refractivity contribution in [3.8, 4) is 0 Å². The lowest BCUT2D eigenvalue weighted by molar-refractivity contribution is -0.111. The molecule has 0 aromatic heterocycles. The minimum atomic E-state index is -0.268. The first-order chi connectivity index (χ1) is 7.26. The highest BCUT2D eigenvalue weighted by Crippen LogP contribution is 2.11. The zero-order valence-corrected chi connectivity index (χ0v) is 8.05. The van der Waals surface area contributed by atoms with Crippen LogP contribution in [0.3, 0.4) is 0 Å². The van der Waals surface area contributed by atoms with Crippen molar-refractivity contribution in [3.63, 3.8) is 0 Å². The molecule has 1 rings (SSSR count). The third-order valence-electron chi connectivity index (χ3n) is 1.70. The molecule has 0 fully saturated rings. The van der Waals surface area contributed by atoms with E-state index in [2.05, 4.69) is 21.9 Å². The largest absolute Gasteiger partial charge is 0.323 e. The van der Waals surface area contributed by atoms with Crippen molar-refractivity contribution in [1.82, 2.24) is 0 Å². The lowest BCUT2D eigenvalue weighted by Gasteiger charge is -2.03. The molecule has 0 saturated carbocycles. The molecule has 15 heavy (non-hydrogen) atoms. The fourth-order valence-corrected chi connectivity index (χ4v) is 1.05. The molecular formula is C10H10N4O. The van der Waals surface area contributed by atoms with E-state index in [1.807, 2.05) is 6.07 Å². The second-order valence-corrected chi connectivity index (χ2v) is 2.78. The van der Waals surface area contributed by atoms with Crippen LogP contribution in [-0.2, 0) is 11.3 Å². The summed E-state index contributed by atoms with van der Waals surface area (Å²) in [6.07, 6.45) is 1.19. The molecule has 0 aliphatic rings. The molecule has 5 nitrogen and oxygen atoms in total. The number of carbonyl (C=O) groups excluding carboxylic acids is 1. The number of benzene rings is 1. The van der Waals surface area contributed by atoms with Crippen molar-refractivity contribution in [2.45, 2.75) is 6.54 Å². The molecule has 1 amide bonds. The highest BCUT2D eigenvalue weighted by molar-refractivity contribution is 5.98. The molecule has 0 radical (unpaired) electrons. The monoisotopic (exact) mass is 202 g/mol. The van der Waals surface area contributed by atoms with E-state index < -0.39 is 0 Å². The lowest BCUT2D eigenvalue weighted by Crippen LogP contribution is -2.07. The third-order valence-corrected chi connectivity index (χ3v) is 1.70. The van der Waals surface area contributed by atoms with Gasteiger partial charge in [-0.2, -0.15) is 0 Å². The number of anilines is 1. The minimum absolute atomic E-state index is 0.268. The van der Waals surface area contributed by atoms with Gasteiger partial charge in [0.15, 0.2) is 0 Å². The molecule has 0 bridgehead atoms. The van der Waals surface area contributed by atoms with E-state index in [0.29, 0.717) is 5.69 Å². The maximum atomic E-state index is 11.0. The summed E-state index contributed by atoms with van der Waals surface area (Å²) in [5.41, 5.74) is 9.66. The molecule has 0 unspecified atom stereocenters. The maximum Gasteiger partial charge on any atom is 0.247 e. The Balaban J connectivity index is 2.77. The topological polar surface area (TPSA) is 77.9 Å². The zero-order chi connectivity index (χ0) is 11.1. The first kappa shape index (κ1) is 10.8. The summed E-state index contributed by atoms with van der Waals surface area (Å²) in [5, 5.41) is 6.05. The summed E-state index contributed by atoms with van der Waals surface area (Å²) in [5.74, 6) is -0.268.